The monoisotopic (exact) mass is 270 g/mol. The molecule has 0 radical (unpaired) electrons. The molecule has 1 aliphatic rings. The molecule has 0 spiro atoms. The Kier molecular flexibility index (Phi) is 4.44. The van der Waals surface area contributed by atoms with Crippen LogP contribution in [0.1, 0.15) is 23.6 Å². The second-order valence-corrected chi connectivity index (χ2v) is 4.49. The van der Waals surface area contributed by atoms with Crippen LogP contribution in [0.3, 0.4) is 0 Å². The van der Waals surface area contributed by atoms with E-state index in [2.05, 4.69) is 5.32 Å². The topological polar surface area (TPSA) is 52.6 Å². The minimum Gasteiger partial charge on any atom is -0.480 e. The molecule has 0 aliphatic carbocycles. The number of nitrogens with one attached hydrogen (secondary N) is 1. The molecule has 2 N–H and O–H groups in total. The molecule has 1 atom stereocenters. The van der Waals surface area contributed by atoms with Crippen molar-refractivity contribution in [2.75, 3.05) is 26.2 Å². The normalized spacial score (nSPS) is 18.5. The van der Waals surface area contributed by atoms with Gasteiger partial charge in [0.15, 0.2) is 0 Å². The third-order valence-corrected chi connectivity index (χ3v) is 3.25. The summed E-state index contributed by atoms with van der Waals surface area (Å²) in [4.78, 5) is 13.3. The largest absolute Gasteiger partial charge is 0.480 e. The van der Waals surface area contributed by atoms with E-state index in [1.165, 1.54) is 24.3 Å². The lowest BCUT2D eigenvalue weighted by Crippen LogP contribution is -2.47. The predicted molar refractivity (Wildman–Crippen MR) is 66.2 cm³/mol. The van der Waals surface area contributed by atoms with Crippen LogP contribution in [-0.4, -0.2) is 42.2 Å². The van der Waals surface area contributed by atoms with Crippen molar-refractivity contribution in [3.8, 4) is 0 Å². The summed E-state index contributed by atoms with van der Waals surface area (Å²) in [6.45, 7) is 2.74. The van der Waals surface area contributed by atoms with Crippen molar-refractivity contribution in [2.24, 2.45) is 0 Å². The Balaban J connectivity index is 2.20. The quantitative estimate of drug-likeness (QED) is 0.873. The van der Waals surface area contributed by atoms with E-state index in [1.54, 1.807) is 0 Å². The lowest BCUT2D eigenvalue weighted by molar-refractivity contribution is -0.143. The Hall–Kier alpha value is -1.53. The van der Waals surface area contributed by atoms with Crippen LogP contribution in [0.2, 0.25) is 0 Å². The first-order valence-corrected chi connectivity index (χ1v) is 6.15. The van der Waals surface area contributed by atoms with Crippen LogP contribution in [-0.2, 0) is 4.79 Å². The number of carboxylic acids is 1. The van der Waals surface area contributed by atoms with Crippen molar-refractivity contribution in [3.63, 3.8) is 0 Å². The SMILES string of the molecule is O=C(O)C(c1ccc(C(F)F)cc1)N1CCNCC1. The predicted octanol–water partition coefficient (Wildman–Crippen LogP) is 1.66. The molecular weight excluding hydrogens is 254 g/mol. The third-order valence-electron chi connectivity index (χ3n) is 3.25. The number of rotatable bonds is 4. The van der Waals surface area contributed by atoms with Gasteiger partial charge in [-0.3, -0.25) is 9.69 Å². The van der Waals surface area contributed by atoms with Gasteiger partial charge in [-0.2, -0.15) is 0 Å². The molecule has 0 aromatic heterocycles. The maximum absolute atomic E-state index is 12.5. The van der Waals surface area contributed by atoms with Crippen LogP contribution in [0.15, 0.2) is 24.3 Å². The highest BCUT2D eigenvalue weighted by Gasteiger charge is 2.28. The number of hydrogen-bond acceptors (Lipinski definition) is 3. The smallest absolute Gasteiger partial charge is 0.325 e. The Morgan fingerprint density at radius 2 is 1.68 bits per heavy atom. The summed E-state index contributed by atoms with van der Waals surface area (Å²) < 4.78 is 25.0. The molecule has 0 saturated carbocycles. The van der Waals surface area contributed by atoms with Gasteiger partial charge in [0.25, 0.3) is 6.43 Å². The molecule has 1 aromatic rings. The molecule has 1 fully saturated rings. The van der Waals surface area contributed by atoms with Gasteiger partial charge in [0.1, 0.15) is 6.04 Å². The molecule has 104 valence electrons. The van der Waals surface area contributed by atoms with E-state index in [-0.39, 0.29) is 5.56 Å². The van der Waals surface area contributed by atoms with E-state index in [4.69, 9.17) is 0 Å². The zero-order valence-corrected chi connectivity index (χ0v) is 10.4. The number of carboxylic acid groups (broad SMARTS) is 1. The number of aliphatic carboxylic acids is 1. The van der Waals surface area contributed by atoms with Crippen molar-refractivity contribution in [2.45, 2.75) is 12.5 Å². The fourth-order valence-electron chi connectivity index (χ4n) is 2.27. The van der Waals surface area contributed by atoms with Crippen LogP contribution < -0.4 is 5.32 Å². The zero-order valence-electron chi connectivity index (χ0n) is 10.4. The fourth-order valence-corrected chi connectivity index (χ4v) is 2.27. The van der Waals surface area contributed by atoms with E-state index in [1.807, 2.05) is 4.90 Å². The molecule has 2 rings (SSSR count). The van der Waals surface area contributed by atoms with Gasteiger partial charge >= 0.3 is 5.97 Å². The molecule has 1 aliphatic heterocycles. The summed E-state index contributed by atoms with van der Waals surface area (Å²) in [6.07, 6.45) is -2.53. The van der Waals surface area contributed by atoms with Crippen molar-refractivity contribution in [3.05, 3.63) is 35.4 Å². The average Bonchev–Trinajstić information content (AvgIpc) is 2.40. The maximum atomic E-state index is 12.5. The van der Waals surface area contributed by atoms with E-state index >= 15 is 0 Å². The van der Waals surface area contributed by atoms with Crippen molar-refractivity contribution in [1.29, 1.82) is 0 Å². The lowest BCUT2D eigenvalue weighted by atomic mass is 10.0. The molecule has 1 aromatic carbocycles. The van der Waals surface area contributed by atoms with E-state index in [0.29, 0.717) is 18.7 Å². The molecule has 1 saturated heterocycles. The maximum Gasteiger partial charge on any atom is 0.325 e. The van der Waals surface area contributed by atoms with Crippen LogP contribution in [0.25, 0.3) is 0 Å². The highest BCUT2D eigenvalue weighted by molar-refractivity contribution is 5.75. The summed E-state index contributed by atoms with van der Waals surface area (Å²) >= 11 is 0. The standard InChI is InChI=1S/C13H16F2N2O2/c14-12(15)10-3-1-9(2-4-10)11(13(18)19)17-7-5-16-6-8-17/h1-4,11-12,16H,5-8H2,(H,18,19). The average molecular weight is 270 g/mol. The molecular formula is C13H16F2N2O2. The Morgan fingerprint density at radius 3 is 2.16 bits per heavy atom. The van der Waals surface area contributed by atoms with Gasteiger partial charge in [0.2, 0.25) is 0 Å². The lowest BCUT2D eigenvalue weighted by Gasteiger charge is -2.32. The van der Waals surface area contributed by atoms with Gasteiger partial charge in [-0.15, -0.1) is 0 Å². The highest BCUT2D eigenvalue weighted by Crippen LogP contribution is 2.25. The zero-order chi connectivity index (χ0) is 13.8. The molecule has 1 unspecified atom stereocenters. The van der Waals surface area contributed by atoms with E-state index in [9.17, 15) is 18.7 Å². The van der Waals surface area contributed by atoms with Crippen LogP contribution in [0.4, 0.5) is 8.78 Å². The van der Waals surface area contributed by atoms with E-state index < -0.39 is 18.4 Å². The molecule has 1 heterocycles. The summed E-state index contributed by atoms with van der Waals surface area (Å²) in [5.41, 5.74) is 0.451. The fraction of sp³-hybridized carbons (Fsp3) is 0.462. The summed E-state index contributed by atoms with van der Waals surface area (Å²) in [5.74, 6) is -0.952. The first-order valence-electron chi connectivity index (χ1n) is 6.15. The Labute approximate surface area is 110 Å². The first-order chi connectivity index (χ1) is 9.09. The van der Waals surface area contributed by atoms with Gasteiger partial charge in [0.05, 0.1) is 0 Å². The number of carbonyl (C=O) groups is 1. The number of piperazine rings is 1. The van der Waals surface area contributed by atoms with E-state index in [0.717, 1.165) is 13.1 Å². The number of hydrogen-bond donors (Lipinski definition) is 2. The van der Waals surface area contributed by atoms with Gasteiger partial charge in [-0.1, -0.05) is 24.3 Å². The highest BCUT2D eigenvalue weighted by atomic mass is 19.3. The number of halogens is 2. The number of benzene rings is 1. The van der Waals surface area contributed by atoms with Crippen molar-refractivity contribution in [1.82, 2.24) is 10.2 Å². The van der Waals surface area contributed by atoms with Gasteiger partial charge in [0, 0.05) is 31.7 Å². The Bertz CT molecular complexity index is 431. The first kappa shape index (κ1) is 13.9. The molecule has 0 bridgehead atoms. The van der Waals surface area contributed by atoms with Crippen LogP contribution in [0.5, 0.6) is 0 Å². The molecule has 19 heavy (non-hydrogen) atoms. The van der Waals surface area contributed by atoms with Gasteiger partial charge in [-0.25, -0.2) is 8.78 Å². The molecule has 4 nitrogen and oxygen atoms in total. The minimum absolute atomic E-state index is 0.0896. The summed E-state index contributed by atoms with van der Waals surface area (Å²) in [5, 5.41) is 12.5. The van der Waals surface area contributed by atoms with Gasteiger partial charge < -0.3 is 10.4 Å². The number of nitrogens with zero attached hydrogens (tertiary/aromatic N) is 1. The second-order valence-electron chi connectivity index (χ2n) is 4.49. The third kappa shape index (κ3) is 3.27. The summed E-state index contributed by atoms with van der Waals surface area (Å²) in [7, 11) is 0. The Morgan fingerprint density at radius 1 is 1.16 bits per heavy atom. The van der Waals surface area contributed by atoms with Crippen LogP contribution >= 0.6 is 0 Å². The summed E-state index contributed by atoms with van der Waals surface area (Å²) in [6, 6.07) is 4.76. The molecule has 0 amide bonds. The van der Waals surface area contributed by atoms with Gasteiger partial charge in [-0.05, 0) is 5.56 Å². The van der Waals surface area contributed by atoms with Crippen LogP contribution in [0, 0.1) is 0 Å². The second kappa shape index (κ2) is 6.08. The van der Waals surface area contributed by atoms with Crippen molar-refractivity contribution < 1.29 is 18.7 Å². The number of alkyl halides is 2. The minimum atomic E-state index is -2.53. The van der Waals surface area contributed by atoms with Crippen molar-refractivity contribution >= 4 is 5.97 Å². The molecule has 6 heteroatoms.